The second-order valence-corrected chi connectivity index (χ2v) is 3.54. The summed E-state index contributed by atoms with van der Waals surface area (Å²) >= 11 is 0. The Labute approximate surface area is 97.4 Å². The van der Waals surface area contributed by atoms with Gasteiger partial charge in [-0.05, 0) is 18.6 Å². The number of carbonyl (C=O) groups is 1. The van der Waals surface area contributed by atoms with Crippen molar-refractivity contribution in [3.05, 3.63) is 29.3 Å². The van der Waals surface area contributed by atoms with E-state index >= 15 is 0 Å². The summed E-state index contributed by atoms with van der Waals surface area (Å²) in [5, 5.41) is 0. The Morgan fingerprint density at radius 3 is 2.59 bits per heavy atom. The van der Waals surface area contributed by atoms with Crippen LogP contribution in [0.25, 0.3) is 0 Å². The molecule has 0 saturated carbocycles. The van der Waals surface area contributed by atoms with Crippen LogP contribution in [0.5, 0.6) is 5.75 Å². The minimum Gasteiger partial charge on any atom is -0.492 e. The largest absolute Gasteiger partial charge is 0.492 e. The van der Waals surface area contributed by atoms with E-state index in [9.17, 15) is 18.0 Å². The molecule has 0 spiro atoms. The van der Waals surface area contributed by atoms with Crippen molar-refractivity contribution in [2.45, 2.75) is 25.9 Å². The van der Waals surface area contributed by atoms with Crippen LogP contribution >= 0.6 is 0 Å². The van der Waals surface area contributed by atoms with E-state index in [1.807, 2.05) is 6.92 Å². The number of benzene rings is 1. The Bertz CT molecular complexity index is 386. The van der Waals surface area contributed by atoms with Gasteiger partial charge in [-0.25, -0.2) is 0 Å². The number of alkyl halides is 3. The maximum Gasteiger partial charge on any atom is 0.419 e. The molecule has 0 unspecified atom stereocenters. The molecule has 1 rings (SSSR count). The van der Waals surface area contributed by atoms with Crippen molar-refractivity contribution in [3.63, 3.8) is 0 Å². The van der Waals surface area contributed by atoms with Crippen LogP contribution in [0.3, 0.4) is 0 Å². The topological polar surface area (TPSA) is 26.3 Å². The number of ether oxygens (including phenoxy) is 1. The molecule has 0 aliphatic rings. The third-order valence-corrected chi connectivity index (χ3v) is 2.22. The van der Waals surface area contributed by atoms with Crippen molar-refractivity contribution in [1.29, 1.82) is 0 Å². The first-order valence-electron chi connectivity index (χ1n) is 5.29. The molecule has 0 aliphatic carbocycles. The van der Waals surface area contributed by atoms with Gasteiger partial charge in [-0.1, -0.05) is 19.4 Å². The van der Waals surface area contributed by atoms with Crippen LogP contribution in [-0.2, 0) is 6.18 Å². The van der Waals surface area contributed by atoms with Gasteiger partial charge in [-0.3, -0.25) is 4.79 Å². The monoisotopic (exact) mass is 246 g/mol. The van der Waals surface area contributed by atoms with Gasteiger partial charge in [0.25, 0.3) is 0 Å². The second-order valence-electron chi connectivity index (χ2n) is 3.54. The van der Waals surface area contributed by atoms with Gasteiger partial charge in [0.05, 0.1) is 17.7 Å². The average molecular weight is 246 g/mol. The summed E-state index contributed by atoms with van der Waals surface area (Å²) in [5.41, 5.74) is -0.978. The molecule has 0 heterocycles. The molecular weight excluding hydrogens is 233 g/mol. The Morgan fingerprint density at radius 2 is 2.06 bits per heavy atom. The predicted octanol–water partition coefficient (Wildman–Crippen LogP) is 3.70. The SMILES string of the molecule is CCCCOc1c(C=O)cccc1C(F)(F)F. The van der Waals surface area contributed by atoms with Crippen LogP contribution in [0.1, 0.15) is 35.7 Å². The quantitative estimate of drug-likeness (QED) is 0.585. The Kier molecular flexibility index (Phi) is 4.54. The maximum atomic E-state index is 12.7. The van der Waals surface area contributed by atoms with Gasteiger partial charge in [0.1, 0.15) is 5.75 Å². The molecule has 0 saturated heterocycles. The number of aldehydes is 1. The van der Waals surface area contributed by atoms with Crippen molar-refractivity contribution in [2.24, 2.45) is 0 Å². The third-order valence-electron chi connectivity index (χ3n) is 2.22. The first kappa shape index (κ1) is 13.5. The molecule has 94 valence electrons. The number of carbonyl (C=O) groups excluding carboxylic acids is 1. The van der Waals surface area contributed by atoms with E-state index in [0.717, 1.165) is 12.5 Å². The highest BCUT2D eigenvalue weighted by Gasteiger charge is 2.35. The average Bonchev–Trinajstić information content (AvgIpc) is 2.28. The van der Waals surface area contributed by atoms with Gasteiger partial charge < -0.3 is 4.74 Å². The molecule has 2 nitrogen and oxygen atoms in total. The van der Waals surface area contributed by atoms with Crippen LogP contribution in [-0.4, -0.2) is 12.9 Å². The number of hydrogen-bond donors (Lipinski definition) is 0. The number of para-hydroxylation sites is 1. The molecule has 0 fully saturated rings. The van der Waals surface area contributed by atoms with Gasteiger partial charge >= 0.3 is 6.18 Å². The summed E-state index contributed by atoms with van der Waals surface area (Å²) in [5.74, 6) is -0.372. The zero-order chi connectivity index (χ0) is 12.9. The van der Waals surface area contributed by atoms with Crippen LogP contribution in [0, 0.1) is 0 Å². The van der Waals surface area contributed by atoms with Crippen LogP contribution in [0.4, 0.5) is 13.2 Å². The van der Waals surface area contributed by atoms with E-state index in [-0.39, 0.29) is 17.9 Å². The molecular formula is C12H13F3O2. The molecule has 17 heavy (non-hydrogen) atoms. The summed E-state index contributed by atoms with van der Waals surface area (Å²) in [6.45, 7) is 2.07. The van der Waals surface area contributed by atoms with E-state index in [4.69, 9.17) is 4.74 Å². The number of unbranched alkanes of at least 4 members (excludes halogenated alkanes) is 1. The molecule has 1 aromatic carbocycles. The molecule has 0 atom stereocenters. The van der Waals surface area contributed by atoms with Gasteiger partial charge in [-0.15, -0.1) is 0 Å². The van der Waals surface area contributed by atoms with Crippen LogP contribution in [0.15, 0.2) is 18.2 Å². The summed E-state index contributed by atoms with van der Waals surface area (Å²) in [7, 11) is 0. The lowest BCUT2D eigenvalue weighted by atomic mass is 10.1. The lowest BCUT2D eigenvalue weighted by Gasteiger charge is -2.15. The van der Waals surface area contributed by atoms with Crippen LogP contribution in [0.2, 0.25) is 0 Å². The highest BCUT2D eigenvalue weighted by molar-refractivity contribution is 5.80. The third kappa shape index (κ3) is 3.47. The maximum absolute atomic E-state index is 12.7. The van der Waals surface area contributed by atoms with Gasteiger partial charge in [0.15, 0.2) is 6.29 Å². The van der Waals surface area contributed by atoms with Gasteiger partial charge in [-0.2, -0.15) is 13.2 Å². The number of rotatable bonds is 5. The fraction of sp³-hybridized carbons (Fsp3) is 0.417. The first-order valence-corrected chi connectivity index (χ1v) is 5.29. The minimum absolute atomic E-state index is 0.0732. The molecule has 0 aromatic heterocycles. The Balaban J connectivity index is 3.07. The van der Waals surface area contributed by atoms with E-state index in [1.165, 1.54) is 12.1 Å². The lowest BCUT2D eigenvalue weighted by Crippen LogP contribution is -2.11. The molecule has 0 amide bonds. The molecule has 1 aromatic rings. The summed E-state index contributed by atoms with van der Waals surface area (Å²) in [6.07, 6.45) is -2.69. The summed E-state index contributed by atoms with van der Waals surface area (Å²) < 4.78 is 43.1. The normalized spacial score (nSPS) is 11.3. The van der Waals surface area contributed by atoms with E-state index in [2.05, 4.69) is 0 Å². The van der Waals surface area contributed by atoms with Crippen molar-refractivity contribution < 1.29 is 22.7 Å². The van der Waals surface area contributed by atoms with Gasteiger partial charge in [0.2, 0.25) is 0 Å². The van der Waals surface area contributed by atoms with Gasteiger partial charge in [0, 0.05) is 0 Å². The highest BCUT2D eigenvalue weighted by Crippen LogP contribution is 2.37. The fourth-order valence-electron chi connectivity index (χ4n) is 1.35. The van der Waals surface area contributed by atoms with Crippen molar-refractivity contribution in [3.8, 4) is 5.75 Å². The Morgan fingerprint density at radius 1 is 1.35 bits per heavy atom. The smallest absolute Gasteiger partial charge is 0.419 e. The minimum atomic E-state index is -4.51. The van der Waals surface area contributed by atoms with E-state index in [1.54, 1.807) is 0 Å². The zero-order valence-corrected chi connectivity index (χ0v) is 9.38. The summed E-state index contributed by atoms with van der Waals surface area (Å²) in [6, 6.07) is 3.41. The second kappa shape index (κ2) is 5.70. The fourth-order valence-corrected chi connectivity index (χ4v) is 1.35. The Hall–Kier alpha value is -1.52. The molecule has 0 N–H and O–H groups in total. The van der Waals surface area contributed by atoms with E-state index < -0.39 is 11.7 Å². The molecule has 5 heteroatoms. The van der Waals surface area contributed by atoms with Crippen molar-refractivity contribution >= 4 is 6.29 Å². The standard InChI is InChI=1S/C12H13F3O2/c1-2-3-7-17-11-9(8-16)5-4-6-10(11)12(13,14)15/h4-6,8H,2-3,7H2,1H3. The summed E-state index contributed by atoms with van der Waals surface area (Å²) in [4.78, 5) is 10.7. The molecule has 0 aliphatic heterocycles. The first-order chi connectivity index (χ1) is 8.00. The lowest BCUT2D eigenvalue weighted by molar-refractivity contribution is -0.139. The number of halogens is 3. The molecule has 0 bridgehead atoms. The molecule has 0 radical (unpaired) electrons. The van der Waals surface area contributed by atoms with E-state index in [0.29, 0.717) is 12.7 Å². The number of hydrogen-bond acceptors (Lipinski definition) is 2. The predicted molar refractivity (Wildman–Crippen MR) is 57.2 cm³/mol. The van der Waals surface area contributed by atoms with Crippen molar-refractivity contribution in [2.75, 3.05) is 6.61 Å². The van der Waals surface area contributed by atoms with Crippen molar-refractivity contribution in [1.82, 2.24) is 0 Å². The highest BCUT2D eigenvalue weighted by atomic mass is 19.4. The van der Waals surface area contributed by atoms with Crippen LogP contribution < -0.4 is 4.74 Å². The zero-order valence-electron chi connectivity index (χ0n) is 9.38.